The molecule has 0 bridgehead atoms. The van der Waals surface area contributed by atoms with Crippen molar-refractivity contribution in [2.24, 2.45) is 0 Å². The van der Waals surface area contributed by atoms with Crippen LogP contribution in [-0.2, 0) is 10.2 Å². The van der Waals surface area contributed by atoms with E-state index >= 15 is 0 Å². The van der Waals surface area contributed by atoms with Gasteiger partial charge < -0.3 is 14.2 Å². The van der Waals surface area contributed by atoms with Crippen LogP contribution >= 0.6 is 0 Å². The third-order valence-electron chi connectivity index (χ3n) is 5.28. The van der Waals surface area contributed by atoms with E-state index in [1.54, 1.807) is 21.3 Å². The van der Waals surface area contributed by atoms with E-state index in [0.29, 0.717) is 0 Å². The van der Waals surface area contributed by atoms with Crippen molar-refractivity contribution in [3.05, 3.63) is 95.3 Å². The monoisotopic (exact) mass is 362 g/mol. The van der Waals surface area contributed by atoms with Crippen LogP contribution in [0.15, 0.2) is 84.2 Å². The summed E-state index contributed by atoms with van der Waals surface area (Å²) in [7, 11) is 5.07. The molecule has 0 atom stereocenters. The normalized spacial score (nSPS) is 14.1. The molecule has 27 heavy (non-hydrogen) atoms. The van der Waals surface area contributed by atoms with E-state index in [1.807, 2.05) is 36.4 Å². The topological polar surface area (TPSA) is 27.7 Å². The molecule has 0 N–H and O–H groups in total. The molecule has 0 amide bonds. The molecule has 3 rings (SSSR count). The van der Waals surface area contributed by atoms with Gasteiger partial charge in [0.1, 0.15) is 17.3 Å². The van der Waals surface area contributed by atoms with Crippen LogP contribution in [0, 0.1) is 0 Å². The van der Waals surface area contributed by atoms with Crippen molar-refractivity contribution in [3.8, 4) is 11.5 Å². The van der Waals surface area contributed by atoms with Crippen molar-refractivity contribution in [1.29, 1.82) is 0 Å². The van der Waals surface area contributed by atoms with Gasteiger partial charge in [0, 0.05) is 5.41 Å². The maximum atomic E-state index is 5.40. The van der Waals surface area contributed by atoms with Gasteiger partial charge in [-0.05, 0) is 60.9 Å². The summed E-state index contributed by atoms with van der Waals surface area (Å²) in [6.07, 6.45) is 9.22. The molecule has 1 aliphatic rings. The molecule has 0 spiro atoms. The summed E-state index contributed by atoms with van der Waals surface area (Å²) < 4.78 is 16.1. The van der Waals surface area contributed by atoms with E-state index < -0.39 is 0 Å². The Morgan fingerprint density at radius 1 is 0.704 bits per heavy atom. The first kappa shape index (κ1) is 18.8. The van der Waals surface area contributed by atoms with E-state index in [-0.39, 0.29) is 5.41 Å². The third kappa shape index (κ3) is 3.77. The van der Waals surface area contributed by atoms with Gasteiger partial charge in [0.2, 0.25) is 0 Å². The van der Waals surface area contributed by atoms with Crippen molar-refractivity contribution in [2.75, 3.05) is 21.3 Å². The van der Waals surface area contributed by atoms with Gasteiger partial charge in [0.25, 0.3) is 0 Å². The fourth-order valence-corrected chi connectivity index (χ4v) is 3.50. The van der Waals surface area contributed by atoms with Gasteiger partial charge in [-0.1, -0.05) is 42.0 Å². The van der Waals surface area contributed by atoms with Gasteiger partial charge in [0.05, 0.1) is 21.3 Å². The quantitative estimate of drug-likeness (QED) is 0.686. The molecule has 0 aliphatic heterocycles. The number of rotatable bonds is 6. The number of methoxy groups -OCH3 is 3. The SMILES string of the molecule is COC1=CC=C(C(C)(c2ccc(OC)cc2)c2ccc(OC)cc2)CC=C1. The van der Waals surface area contributed by atoms with Crippen molar-refractivity contribution in [3.63, 3.8) is 0 Å². The summed E-state index contributed by atoms with van der Waals surface area (Å²) in [6.45, 7) is 2.27. The van der Waals surface area contributed by atoms with Crippen LogP contribution in [0.1, 0.15) is 24.5 Å². The Morgan fingerprint density at radius 3 is 1.67 bits per heavy atom. The smallest absolute Gasteiger partial charge is 0.118 e. The molecule has 3 nitrogen and oxygen atoms in total. The Hall–Kier alpha value is -2.94. The average molecular weight is 362 g/mol. The van der Waals surface area contributed by atoms with Crippen LogP contribution in [0.3, 0.4) is 0 Å². The average Bonchev–Trinajstić information content (AvgIpc) is 2.99. The fourth-order valence-electron chi connectivity index (χ4n) is 3.50. The summed E-state index contributed by atoms with van der Waals surface area (Å²) in [6, 6.07) is 16.6. The Labute approximate surface area is 161 Å². The number of ether oxygens (including phenoxy) is 3. The van der Waals surface area contributed by atoms with Crippen LogP contribution in [0.5, 0.6) is 11.5 Å². The first-order chi connectivity index (χ1) is 13.1. The maximum Gasteiger partial charge on any atom is 0.118 e. The fraction of sp³-hybridized carbons (Fsp3) is 0.250. The number of hydrogen-bond acceptors (Lipinski definition) is 3. The maximum absolute atomic E-state index is 5.40. The molecule has 2 aromatic carbocycles. The van der Waals surface area contributed by atoms with E-state index in [2.05, 4.69) is 43.3 Å². The van der Waals surface area contributed by atoms with Crippen molar-refractivity contribution in [2.45, 2.75) is 18.8 Å². The molecule has 140 valence electrons. The minimum absolute atomic E-state index is 0.289. The minimum atomic E-state index is -0.289. The molecule has 2 aromatic rings. The Balaban J connectivity index is 2.14. The molecule has 0 heterocycles. The number of benzene rings is 2. The molecule has 0 unspecified atom stereocenters. The van der Waals surface area contributed by atoms with E-state index in [9.17, 15) is 0 Å². The molecular weight excluding hydrogens is 336 g/mol. The zero-order valence-electron chi connectivity index (χ0n) is 16.4. The summed E-state index contributed by atoms with van der Waals surface area (Å²) in [5.41, 5.74) is 3.42. The molecule has 0 aromatic heterocycles. The van der Waals surface area contributed by atoms with E-state index in [1.165, 1.54) is 16.7 Å². The van der Waals surface area contributed by atoms with Gasteiger partial charge in [-0.3, -0.25) is 0 Å². The van der Waals surface area contributed by atoms with Crippen molar-refractivity contribution < 1.29 is 14.2 Å². The largest absolute Gasteiger partial charge is 0.497 e. The number of allylic oxidation sites excluding steroid dienone is 5. The second kappa shape index (κ2) is 8.17. The zero-order chi connectivity index (χ0) is 19.3. The Morgan fingerprint density at radius 2 is 1.22 bits per heavy atom. The predicted octanol–water partition coefficient (Wildman–Crippen LogP) is 5.43. The van der Waals surface area contributed by atoms with Gasteiger partial charge in [-0.2, -0.15) is 0 Å². The molecule has 1 aliphatic carbocycles. The van der Waals surface area contributed by atoms with Gasteiger partial charge in [-0.25, -0.2) is 0 Å². The standard InChI is InChI=1S/C24H26O3/c1-24(19-9-14-22(26-3)15-10-19,20-11-16-23(27-4)17-12-20)18-6-5-7-21(25-2)13-8-18/h5,7-17H,6H2,1-4H3. The summed E-state index contributed by atoms with van der Waals surface area (Å²) >= 11 is 0. The van der Waals surface area contributed by atoms with Crippen molar-refractivity contribution in [1.82, 2.24) is 0 Å². The molecule has 0 radical (unpaired) electrons. The molecule has 0 saturated heterocycles. The van der Waals surface area contributed by atoms with Crippen molar-refractivity contribution >= 4 is 0 Å². The van der Waals surface area contributed by atoms with Crippen LogP contribution in [-0.4, -0.2) is 21.3 Å². The molecule has 0 fully saturated rings. The highest BCUT2D eigenvalue weighted by molar-refractivity contribution is 5.52. The lowest BCUT2D eigenvalue weighted by Gasteiger charge is -2.34. The summed E-state index contributed by atoms with van der Waals surface area (Å²) in [5, 5.41) is 0. The molecule has 3 heteroatoms. The lowest BCUT2D eigenvalue weighted by atomic mass is 9.69. The first-order valence-electron chi connectivity index (χ1n) is 9.02. The Kier molecular flexibility index (Phi) is 5.70. The van der Waals surface area contributed by atoms with Crippen LogP contribution in [0.25, 0.3) is 0 Å². The summed E-state index contributed by atoms with van der Waals surface area (Å²) in [5.74, 6) is 2.57. The van der Waals surface area contributed by atoms with Crippen LogP contribution in [0.4, 0.5) is 0 Å². The zero-order valence-corrected chi connectivity index (χ0v) is 16.4. The van der Waals surface area contributed by atoms with Gasteiger partial charge >= 0.3 is 0 Å². The second-order valence-electron chi connectivity index (χ2n) is 6.65. The van der Waals surface area contributed by atoms with Crippen LogP contribution < -0.4 is 9.47 Å². The summed E-state index contributed by atoms with van der Waals surface area (Å²) in [4.78, 5) is 0. The molecular formula is C24H26O3. The highest BCUT2D eigenvalue weighted by atomic mass is 16.5. The minimum Gasteiger partial charge on any atom is -0.497 e. The lowest BCUT2D eigenvalue weighted by Crippen LogP contribution is -2.26. The first-order valence-corrected chi connectivity index (χ1v) is 9.02. The third-order valence-corrected chi connectivity index (χ3v) is 5.28. The number of hydrogen-bond donors (Lipinski definition) is 0. The van der Waals surface area contributed by atoms with E-state index in [4.69, 9.17) is 14.2 Å². The van der Waals surface area contributed by atoms with Crippen LogP contribution in [0.2, 0.25) is 0 Å². The second-order valence-corrected chi connectivity index (χ2v) is 6.65. The highest BCUT2D eigenvalue weighted by Gasteiger charge is 2.33. The highest BCUT2D eigenvalue weighted by Crippen LogP contribution is 2.42. The Bertz CT molecular complexity index is 808. The van der Waals surface area contributed by atoms with Gasteiger partial charge in [0.15, 0.2) is 0 Å². The lowest BCUT2D eigenvalue weighted by molar-refractivity contribution is 0.307. The van der Waals surface area contributed by atoms with E-state index in [0.717, 1.165) is 23.7 Å². The van der Waals surface area contributed by atoms with Gasteiger partial charge in [-0.15, -0.1) is 0 Å². The predicted molar refractivity (Wildman–Crippen MR) is 109 cm³/mol. The molecule has 0 saturated carbocycles.